The van der Waals surface area contributed by atoms with Gasteiger partial charge >= 0.3 is 18.4 Å². The first-order valence-corrected chi connectivity index (χ1v) is 13.6. The number of hydrogen-bond donors (Lipinski definition) is 2. The number of guanidine groups is 1. The Kier molecular flexibility index (Phi) is 8.08. The van der Waals surface area contributed by atoms with Crippen LogP contribution in [0.25, 0.3) is 0 Å². The molecular formula is C30H28F6N6O. The average molecular weight is 603 g/mol. The highest BCUT2D eigenvalue weighted by Gasteiger charge is 2.38. The Bertz CT molecular complexity index is 1520. The SMILES string of the molecule is NC(N)=Nc1ccc(N2C(=O)N(Cc3cc(C(F)(F)F)cc(C(F)(F)F)c3)N=C(C3CCCCC3)c3ccccc32)cc1. The van der Waals surface area contributed by atoms with Gasteiger partial charge in [0.2, 0.25) is 0 Å². The van der Waals surface area contributed by atoms with Crippen molar-refractivity contribution in [2.24, 2.45) is 27.5 Å². The maximum Gasteiger partial charge on any atom is 0.416 e. The molecule has 1 aliphatic heterocycles. The van der Waals surface area contributed by atoms with Gasteiger partial charge in [-0.25, -0.2) is 14.8 Å². The maximum atomic E-state index is 14.2. The molecule has 1 saturated carbocycles. The van der Waals surface area contributed by atoms with Crippen LogP contribution in [0.15, 0.2) is 76.8 Å². The van der Waals surface area contributed by atoms with E-state index in [0.29, 0.717) is 40.5 Å². The van der Waals surface area contributed by atoms with Crippen LogP contribution in [0.4, 0.5) is 48.2 Å². The molecule has 0 unspecified atom stereocenters. The van der Waals surface area contributed by atoms with Gasteiger partial charge in [0.15, 0.2) is 5.96 Å². The molecule has 0 atom stereocenters. The first kappa shape index (κ1) is 29.9. The van der Waals surface area contributed by atoms with Gasteiger partial charge in [0.05, 0.1) is 40.4 Å². The summed E-state index contributed by atoms with van der Waals surface area (Å²) in [7, 11) is 0. The van der Waals surface area contributed by atoms with Crippen molar-refractivity contribution in [2.45, 2.75) is 51.0 Å². The van der Waals surface area contributed by atoms with E-state index in [2.05, 4.69) is 10.1 Å². The topological polar surface area (TPSA) is 100 Å². The lowest BCUT2D eigenvalue weighted by molar-refractivity contribution is -0.143. The molecule has 1 heterocycles. The predicted molar refractivity (Wildman–Crippen MR) is 151 cm³/mol. The highest BCUT2D eigenvalue weighted by Crippen LogP contribution is 2.40. The van der Waals surface area contributed by atoms with Crippen molar-refractivity contribution in [1.82, 2.24) is 5.01 Å². The standard InChI is InChI=1S/C30H28F6N6O/c31-29(32,33)20-14-18(15-21(16-20)30(34,35)36)17-41-28(43)42(23-12-10-22(11-13-23)39-27(37)38)25-9-5-4-8-24(25)26(40-41)19-6-2-1-3-7-19/h4-5,8-16,19H,1-3,6-7,17H2,(H4,37,38,39). The molecular weight excluding hydrogens is 574 g/mol. The molecule has 0 radical (unpaired) electrons. The van der Waals surface area contributed by atoms with Crippen LogP contribution < -0.4 is 16.4 Å². The summed E-state index contributed by atoms with van der Waals surface area (Å²) in [4.78, 5) is 19.5. The Balaban J connectivity index is 1.65. The number of rotatable bonds is 5. The molecule has 3 aromatic rings. The van der Waals surface area contributed by atoms with Crippen molar-refractivity contribution in [3.8, 4) is 0 Å². The number of nitrogens with two attached hydrogens (primary N) is 2. The van der Waals surface area contributed by atoms with E-state index in [1.165, 1.54) is 4.90 Å². The lowest BCUT2D eigenvalue weighted by Gasteiger charge is -2.27. The van der Waals surface area contributed by atoms with Crippen molar-refractivity contribution < 1.29 is 31.1 Å². The molecule has 2 aliphatic rings. The first-order valence-electron chi connectivity index (χ1n) is 13.6. The zero-order valence-electron chi connectivity index (χ0n) is 22.8. The summed E-state index contributed by atoms with van der Waals surface area (Å²) in [6.07, 6.45) is -5.61. The fourth-order valence-electron chi connectivity index (χ4n) is 5.47. The van der Waals surface area contributed by atoms with Crippen molar-refractivity contribution >= 4 is 34.8 Å². The number of alkyl halides is 6. The zero-order valence-corrected chi connectivity index (χ0v) is 22.8. The van der Waals surface area contributed by atoms with Gasteiger partial charge < -0.3 is 11.5 Å². The van der Waals surface area contributed by atoms with Crippen molar-refractivity contribution in [2.75, 3.05) is 4.90 Å². The molecule has 226 valence electrons. The Morgan fingerprint density at radius 1 is 0.860 bits per heavy atom. The van der Waals surface area contributed by atoms with Gasteiger partial charge in [-0.1, -0.05) is 37.5 Å². The summed E-state index contributed by atoms with van der Waals surface area (Å²) in [5, 5.41) is 5.62. The molecule has 4 N–H and O–H groups in total. The normalized spacial score (nSPS) is 16.4. The quantitative estimate of drug-likeness (QED) is 0.178. The number of anilines is 2. The number of urea groups is 1. The van der Waals surface area contributed by atoms with Crippen LogP contribution >= 0.6 is 0 Å². The van der Waals surface area contributed by atoms with Crippen LogP contribution in [-0.4, -0.2) is 22.7 Å². The number of aliphatic imine (C=N–C) groups is 1. The summed E-state index contributed by atoms with van der Waals surface area (Å²) >= 11 is 0. The van der Waals surface area contributed by atoms with Gasteiger partial charge in [-0.2, -0.15) is 31.4 Å². The van der Waals surface area contributed by atoms with E-state index in [-0.39, 0.29) is 23.5 Å². The summed E-state index contributed by atoms with van der Waals surface area (Å²) in [5.74, 6) is -0.221. The van der Waals surface area contributed by atoms with E-state index >= 15 is 0 Å². The molecule has 43 heavy (non-hydrogen) atoms. The number of fused-ring (bicyclic) bond motifs is 1. The van der Waals surface area contributed by atoms with E-state index in [0.717, 1.165) is 37.1 Å². The van der Waals surface area contributed by atoms with E-state index in [9.17, 15) is 31.1 Å². The zero-order chi connectivity index (χ0) is 30.9. The van der Waals surface area contributed by atoms with Crippen LogP contribution in [0.1, 0.15) is 54.4 Å². The molecule has 3 aromatic carbocycles. The van der Waals surface area contributed by atoms with Gasteiger partial charge in [-0.05, 0) is 66.9 Å². The second kappa shape index (κ2) is 11.6. The van der Waals surface area contributed by atoms with Crippen LogP contribution in [0.5, 0.6) is 0 Å². The van der Waals surface area contributed by atoms with Crippen LogP contribution in [0.3, 0.4) is 0 Å². The highest BCUT2D eigenvalue weighted by atomic mass is 19.4. The number of benzene rings is 3. The number of amides is 2. The molecule has 0 bridgehead atoms. The number of para-hydroxylation sites is 1. The summed E-state index contributed by atoms with van der Waals surface area (Å²) in [5.41, 5.74) is 10.1. The van der Waals surface area contributed by atoms with Crippen molar-refractivity contribution in [3.05, 3.63) is 89.0 Å². The fourth-order valence-corrected chi connectivity index (χ4v) is 5.47. The largest absolute Gasteiger partial charge is 0.416 e. The number of hydrogen-bond acceptors (Lipinski definition) is 3. The molecule has 2 amide bonds. The second-order valence-electron chi connectivity index (χ2n) is 10.5. The van der Waals surface area contributed by atoms with Gasteiger partial charge in [0.1, 0.15) is 0 Å². The lowest BCUT2D eigenvalue weighted by atomic mass is 9.83. The van der Waals surface area contributed by atoms with Gasteiger partial charge in [-0.15, -0.1) is 0 Å². The first-order chi connectivity index (χ1) is 20.3. The smallest absolute Gasteiger partial charge is 0.370 e. The summed E-state index contributed by atoms with van der Waals surface area (Å²) < 4.78 is 81.8. The molecule has 1 fully saturated rings. The van der Waals surface area contributed by atoms with E-state index in [1.54, 1.807) is 42.5 Å². The Morgan fingerprint density at radius 3 is 2.05 bits per heavy atom. The molecule has 0 spiro atoms. The predicted octanol–water partition coefficient (Wildman–Crippen LogP) is 7.69. The van der Waals surface area contributed by atoms with Gasteiger partial charge in [-0.3, -0.25) is 4.90 Å². The monoisotopic (exact) mass is 602 g/mol. The number of carbonyl (C=O) groups excluding carboxylic acids is 1. The van der Waals surface area contributed by atoms with Crippen molar-refractivity contribution in [3.63, 3.8) is 0 Å². The van der Waals surface area contributed by atoms with Gasteiger partial charge in [0.25, 0.3) is 0 Å². The number of hydrazone groups is 1. The molecule has 0 aromatic heterocycles. The van der Waals surface area contributed by atoms with E-state index in [4.69, 9.17) is 11.5 Å². The number of carbonyl (C=O) groups is 1. The third-order valence-corrected chi connectivity index (χ3v) is 7.40. The van der Waals surface area contributed by atoms with Crippen LogP contribution in [0, 0.1) is 5.92 Å². The van der Waals surface area contributed by atoms with Gasteiger partial charge in [0, 0.05) is 11.5 Å². The Labute approximate surface area is 243 Å². The van der Waals surface area contributed by atoms with Crippen molar-refractivity contribution in [1.29, 1.82) is 0 Å². The Morgan fingerprint density at radius 2 is 1.47 bits per heavy atom. The summed E-state index contributed by atoms with van der Waals surface area (Å²) in [6, 6.07) is 13.9. The summed E-state index contributed by atoms with van der Waals surface area (Å²) in [6.45, 7) is -0.626. The fraction of sp³-hybridized carbons (Fsp3) is 0.300. The van der Waals surface area contributed by atoms with E-state index in [1.807, 2.05) is 6.07 Å². The highest BCUT2D eigenvalue weighted by molar-refractivity contribution is 6.13. The minimum absolute atomic E-state index is 0.0540. The number of halogens is 6. The molecule has 7 nitrogen and oxygen atoms in total. The molecule has 5 rings (SSSR count). The third-order valence-electron chi connectivity index (χ3n) is 7.40. The van der Waals surface area contributed by atoms with E-state index < -0.39 is 36.1 Å². The minimum atomic E-state index is -5.03. The second-order valence-corrected chi connectivity index (χ2v) is 10.5. The lowest BCUT2D eigenvalue weighted by Crippen LogP contribution is -2.37. The minimum Gasteiger partial charge on any atom is -0.370 e. The molecule has 1 aliphatic carbocycles. The number of nitrogens with zero attached hydrogens (tertiary/aromatic N) is 4. The van der Waals surface area contributed by atoms with Crippen LogP contribution in [-0.2, 0) is 18.9 Å². The average Bonchev–Trinajstić information content (AvgIpc) is 3.07. The maximum absolute atomic E-state index is 14.2. The molecule has 13 heteroatoms. The third kappa shape index (κ3) is 6.60. The Hall–Kier alpha value is -4.55. The van der Waals surface area contributed by atoms with Crippen LogP contribution in [0.2, 0.25) is 0 Å². The molecule has 0 saturated heterocycles.